The molecule has 4 amide bonds. The highest BCUT2D eigenvalue weighted by molar-refractivity contribution is 7.91. The number of hydrogen-bond acceptors (Lipinski definition) is 7. The van der Waals surface area contributed by atoms with Gasteiger partial charge in [0.15, 0.2) is 0 Å². The quantitative estimate of drug-likeness (QED) is 0.442. The summed E-state index contributed by atoms with van der Waals surface area (Å²) in [4.78, 5) is 54.5. The van der Waals surface area contributed by atoms with E-state index in [1.54, 1.807) is 27.7 Å². The van der Waals surface area contributed by atoms with E-state index in [2.05, 4.69) is 15.4 Å². The number of amides is 4. The number of rotatable bonds is 4. The number of carbonyl (C=O) groups is 4. The molecule has 2 aliphatic heterocycles. The molecule has 11 nitrogen and oxygen atoms in total. The van der Waals surface area contributed by atoms with E-state index in [0.717, 1.165) is 19.3 Å². The van der Waals surface area contributed by atoms with Gasteiger partial charge >= 0.3 is 6.09 Å². The summed E-state index contributed by atoms with van der Waals surface area (Å²) in [5.74, 6) is -1.92. The standard InChI is InChI=1S/C27H42N4O7S/c1-25(2,3)38-24(35)28-19-12-9-7-5-6-8-11-18-17-27(18,23(34)30-39(36,37)26(4)14-15-26)29-21(32)20-13-10-16-31(20)22(19)33/h8,11,18-20H,5-7,9-10,12-17H2,1-4H3,(H,28,35)(H,29,32)(H,30,34)/b11-8-/t18-,19+,20+,27-/m1/s1. The molecule has 0 aromatic heterocycles. The lowest BCUT2D eigenvalue weighted by Gasteiger charge is -2.30. The third-order valence-corrected chi connectivity index (χ3v) is 10.3. The maximum Gasteiger partial charge on any atom is 0.408 e. The van der Waals surface area contributed by atoms with Crippen molar-refractivity contribution in [2.45, 2.75) is 120 Å². The first-order valence-electron chi connectivity index (χ1n) is 14.0. The van der Waals surface area contributed by atoms with Crippen molar-refractivity contribution in [2.24, 2.45) is 5.92 Å². The monoisotopic (exact) mass is 566 g/mol. The van der Waals surface area contributed by atoms with Crippen molar-refractivity contribution in [2.75, 3.05) is 6.54 Å². The van der Waals surface area contributed by atoms with Crippen LogP contribution in [-0.4, -0.2) is 71.6 Å². The van der Waals surface area contributed by atoms with Crippen LogP contribution in [0.4, 0.5) is 4.79 Å². The first-order valence-corrected chi connectivity index (χ1v) is 15.5. The zero-order valence-corrected chi connectivity index (χ0v) is 24.2. The van der Waals surface area contributed by atoms with Crippen LogP contribution in [-0.2, 0) is 29.1 Å². The average molecular weight is 567 g/mol. The van der Waals surface area contributed by atoms with Crippen LogP contribution >= 0.6 is 0 Å². The molecule has 0 aromatic rings. The number of allylic oxidation sites excluding steroid dienone is 1. The highest BCUT2D eigenvalue weighted by atomic mass is 32.2. The number of nitrogens with one attached hydrogen (secondary N) is 3. The SMILES string of the molecule is CC(C)(C)OC(=O)N[C@H]1CCCCC/C=C\[C@@H]2C[C@@]2(C(=O)NS(=O)(=O)C2(C)CC2)NC(=O)[C@@H]2CCCN2C1=O. The first kappa shape index (κ1) is 29.4. The summed E-state index contributed by atoms with van der Waals surface area (Å²) in [5, 5.41) is 5.54. The minimum absolute atomic E-state index is 0.288. The second kappa shape index (κ2) is 10.7. The van der Waals surface area contributed by atoms with E-state index >= 15 is 0 Å². The lowest BCUT2D eigenvalue weighted by Crippen LogP contribution is -2.58. The van der Waals surface area contributed by atoms with Gasteiger partial charge in [0.2, 0.25) is 21.8 Å². The minimum atomic E-state index is -3.88. The van der Waals surface area contributed by atoms with Gasteiger partial charge in [0.1, 0.15) is 23.2 Å². The summed E-state index contributed by atoms with van der Waals surface area (Å²) in [6.45, 7) is 7.17. The van der Waals surface area contributed by atoms with E-state index < -0.39 is 55.9 Å². The fourth-order valence-electron chi connectivity index (χ4n) is 5.32. The van der Waals surface area contributed by atoms with Gasteiger partial charge in [-0.3, -0.25) is 19.1 Å². The molecule has 4 aliphatic rings. The van der Waals surface area contributed by atoms with Crippen LogP contribution in [0.15, 0.2) is 12.2 Å². The van der Waals surface area contributed by atoms with Crippen LogP contribution in [0.3, 0.4) is 0 Å². The van der Waals surface area contributed by atoms with Gasteiger partial charge in [0.25, 0.3) is 5.91 Å². The maximum atomic E-state index is 13.6. The molecule has 4 atom stereocenters. The van der Waals surface area contributed by atoms with Crippen molar-refractivity contribution >= 4 is 33.8 Å². The number of nitrogens with zero attached hydrogens (tertiary/aromatic N) is 1. The molecule has 2 aliphatic carbocycles. The summed E-state index contributed by atoms with van der Waals surface area (Å²) in [7, 11) is -3.88. The van der Waals surface area contributed by atoms with Crippen molar-refractivity contribution in [1.29, 1.82) is 0 Å². The zero-order valence-electron chi connectivity index (χ0n) is 23.4. The molecule has 2 saturated carbocycles. The number of carbonyl (C=O) groups excluding carboxylic acids is 4. The van der Waals surface area contributed by atoms with Crippen molar-refractivity contribution in [1.82, 2.24) is 20.3 Å². The van der Waals surface area contributed by atoms with Gasteiger partial charge in [-0.2, -0.15) is 0 Å². The molecule has 0 unspecified atom stereocenters. The van der Waals surface area contributed by atoms with Crippen LogP contribution in [0, 0.1) is 5.92 Å². The fraction of sp³-hybridized carbons (Fsp3) is 0.778. The second-order valence-electron chi connectivity index (χ2n) is 12.6. The van der Waals surface area contributed by atoms with Gasteiger partial charge in [0.05, 0.1) is 4.75 Å². The van der Waals surface area contributed by atoms with Crippen molar-refractivity contribution in [3.63, 3.8) is 0 Å². The first-order chi connectivity index (χ1) is 18.2. The predicted molar refractivity (Wildman–Crippen MR) is 144 cm³/mol. The molecule has 2 heterocycles. The number of ether oxygens (including phenoxy) is 1. The largest absolute Gasteiger partial charge is 0.444 e. The zero-order chi connectivity index (χ0) is 28.6. The van der Waals surface area contributed by atoms with Crippen LogP contribution in [0.25, 0.3) is 0 Å². The summed E-state index contributed by atoms with van der Waals surface area (Å²) in [6.07, 6.45) is 8.96. The Labute approximate surface area is 230 Å². The molecule has 4 rings (SSSR count). The van der Waals surface area contributed by atoms with Crippen LogP contribution < -0.4 is 15.4 Å². The molecule has 0 radical (unpaired) electrons. The summed E-state index contributed by atoms with van der Waals surface area (Å²) >= 11 is 0. The van der Waals surface area contributed by atoms with Gasteiger partial charge in [-0.1, -0.05) is 25.0 Å². The van der Waals surface area contributed by atoms with Crippen molar-refractivity contribution in [3.05, 3.63) is 12.2 Å². The number of sulfonamides is 1. The average Bonchev–Trinajstić information content (AvgIpc) is 3.68. The van der Waals surface area contributed by atoms with Gasteiger partial charge in [0, 0.05) is 12.5 Å². The molecule has 12 heteroatoms. The fourth-order valence-corrected chi connectivity index (χ4v) is 6.64. The van der Waals surface area contributed by atoms with Crippen molar-refractivity contribution in [3.8, 4) is 0 Å². The normalized spacial score (nSPS) is 31.9. The number of hydrogen-bond donors (Lipinski definition) is 3. The Morgan fingerprint density at radius 3 is 2.49 bits per heavy atom. The third kappa shape index (κ3) is 6.58. The molecule has 39 heavy (non-hydrogen) atoms. The highest BCUT2D eigenvalue weighted by Gasteiger charge is 2.62. The number of alkyl carbamates (subject to hydrolysis) is 1. The molecule has 218 valence electrons. The van der Waals surface area contributed by atoms with Crippen LogP contribution in [0.2, 0.25) is 0 Å². The van der Waals surface area contributed by atoms with Gasteiger partial charge in [-0.25, -0.2) is 13.2 Å². The molecular formula is C27H42N4O7S. The topological polar surface area (TPSA) is 151 Å². The lowest BCUT2D eigenvalue weighted by molar-refractivity contribution is -0.141. The van der Waals surface area contributed by atoms with E-state index in [1.807, 2.05) is 12.2 Å². The molecule has 1 saturated heterocycles. The lowest BCUT2D eigenvalue weighted by atomic mass is 10.0. The van der Waals surface area contributed by atoms with E-state index in [9.17, 15) is 27.6 Å². The molecule has 0 aromatic carbocycles. The van der Waals surface area contributed by atoms with Gasteiger partial charge in [-0.05, 0) is 79.1 Å². The summed E-state index contributed by atoms with van der Waals surface area (Å²) in [6, 6.07) is -1.66. The second-order valence-corrected chi connectivity index (χ2v) is 14.8. The maximum absolute atomic E-state index is 13.6. The van der Waals surface area contributed by atoms with E-state index in [0.29, 0.717) is 45.1 Å². The Balaban J connectivity index is 1.55. The highest BCUT2D eigenvalue weighted by Crippen LogP contribution is 2.47. The van der Waals surface area contributed by atoms with Crippen LogP contribution in [0.5, 0.6) is 0 Å². The third-order valence-electron chi connectivity index (χ3n) is 8.16. The number of fused-ring (bicyclic) bond motifs is 2. The van der Waals surface area contributed by atoms with Gasteiger partial charge in [-0.15, -0.1) is 0 Å². The molecular weight excluding hydrogens is 524 g/mol. The van der Waals surface area contributed by atoms with Gasteiger partial charge < -0.3 is 20.3 Å². The Morgan fingerprint density at radius 1 is 1.10 bits per heavy atom. The molecule has 3 N–H and O–H groups in total. The Bertz CT molecular complexity index is 1140. The van der Waals surface area contributed by atoms with E-state index in [-0.39, 0.29) is 18.2 Å². The van der Waals surface area contributed by atoms with E-state index in [4.69, 9.17) is 4.74 Å². The van der Waals surface area contributed by atoms with Crippen molar-refractivity contribution < 1.29 is 32.3 Å². The van der Waals surface area contributed by atoms with E-state index in [1.165, 1.54) is 4.90 Å². The molecule has 0 bridgehead atoms. The Morgan fingerprint density at radius 2 is 1.82 bits per heavy atom. The Hall–Kier alpha value is -2.63. The summed E-state index contributed by atoms with van der Waals surface area (Å²) < 4.78 is 32.2. The smallest absolute Gasteiger partial charge is 0.408 e. The predicted octanol–water partition coefficient (Wildman–Crippen LogP) is 2.26. The Kier molecular flexibility index (Phi) is 8.08. The molecule has 3 fully saturated rings. The minimum Gasteiger partial charge on any atom is -0.444 e. The van der Waals surface area contributed by atoms with Crippen LogP contribution in [0.1, 0.15) is 91.9 Å². The summed E-state index contributed by atoms with van der Waals surface area (Å²) in [5.41, 5.74) is -2.10. The molecule has 0 spiro atoms.